The summed E-state index contributed by atoms with van der Waals surface area (Å²) in [7, 11) is 3.73. The van der Waals surface area contributed by atoms with Crippen molar-refractivity contribution in [1.82, 2.24) is 4.90 Å². The highest BCUT2D eigenvalue weighted by molar-refractivity contribution is 9.10. The molecule has 5 heteroatoms. The highest BCUT2D eigenvalue weighted by Gasteiger charge is 2.22. The maximum absolute atomic E-state index is 9.11. The Morgan fingerprint density at radius 3 is 2.81 bits per heavy atom. The first-order valence-electron chi connectivity index (χ1n) is 4.78. The molecule has 16 heavy (non-hydrogen) atoms. The van der Waals surface area contributed by atoms with Crippen LogP contribution in [-0.2, 0) is 0 Å². The minimum Gasteiger partial charge on any atom is -0.454 e. The van der Waals surface area contributed by atoms with E-state index in [2.05, 4.69) is 22.0 Å². The lowest BCUT2D eigenvalue weighted by molar-refractivity contribution is 0.173. The van der Waals surface area contributed by atoms with Gasteiger partial charge in [0.25, 0.3) is 0 Å². The third kappa shape index (κ3) is 1.86. The molecule has 0 aromatic heterocycles. The number of halogens is 1. The van der Waals surface area contributed by atoms with Crippen LogP contribution in [0.4, 0.5) is 0 Å². The molecule has 4 nitrogen and oxygen atoms in total. The van der Waals surface area contributed by atoms with Gasteiger partial charge < -0.3 is 9.47 Å². The first-order valence-corrected chi connectivity index (χ1v) is 5.58. The number of hydrogen-bond acceptors (Lipinski definition) is 4. The van der Waals surface area contributed by atoms with E-state index in [-0.39, 0.29) is 12.8 Å². The summed E-state index contributed by atoms with van der Waals surface area (Å²) in [6, 6.07) is 5.70. The molecule has 1 unspecified atom stereocenters. The van der Waals surface area contributed by atoms with Crippen LogP contribution in [0.1, 0.15) is 11.6 Å². The van der Waals surface area contributed by atoms with Gasteiger partial charge in [-0.1, -0.05) is 0 Å². The first kappa shape index (κ1) is 11.2. The Hall–Kier alpha value is -1.25. The average molecular weight is 283 g/mol. The van der Waals surface area contributed by atoms with Crippen LogP contribution in [0.3, 0.4) is 0 Å². The topological polar surface area (TPSA) is 45.5 Å². The Kier molecular flexibility index (Phi) is 3.03. The molecular formula is C11H11BrN2O2. The first-order chi connectivity index (χ1) is 7.63. The summed E-state index contributed by atoms with van der Waals surface area (Å²) in [5.74, 6) is 1.39. The molecule has 1 aliphatic heterocycles. The number of nitriles is 1. The summed E-state index contributed by atoms with van der Waals surface area (Å²) in [5.41, 5.74) is 0.892. The summed E-state index contributed by atoms with van der Waals surface area (Å²) < 4.78 is 11.4. The van der Waals surface area contributed by atoms with E-state index in [1.54, 1.807) is 0 Å². The molecule has 84 valence electrons. The van der Waals surface area contributed by atoms with Gasteiger partial charge in [0, 0.05) is 0 Å². The highest BCUT2D eigenvalue weighted by Crippen LogP contribution is 2.41. The van der Waals surface area contributed by atoms with E-state index in [0.29, 0.717) is 11.5 Å². The number of nitrogens with zero attached hydrogens (tertiary/aromatic N) is 2. The van der Waals surface area contributed by atoms with Crippen LogP contribution >= 0.6 is 15.9 Å². The molecule has 0 aliphatic carbocycles. The van der Waals surface area contributed by atoms with Gasteiger partial charge in [0.2, 0.25) is 6.79 Å². The lowest BCUT2D eigenvalue weighted by atomic mass is 10.1. The molecular weight excluding hydrogens is 272 g/mol. The van der Waals surface area contributed by atoms with Crippen LogP contribution in [0.2, 0.25) is 0 Å². The fraction of sp³-hybridized carbons (Fsp3) is 0.364. The molecule has 1 atom stereocenters. The molecule has 0 radical (unpaired) electrons. The van der Waals surface area contributed by atoms with Crippen molar-refractivity contribution in [2.24, 2.45) is 0 Å². The van der Waals surface area contributed by atoms with E-state index < -0.39 is 0 Å². The quantitative estimate of drug-likeness (QED) is 0.835. The van der Waals surface area contributed by atoms with Crippen LogP contribution in [0, 0.1) is 11.3 Å². The van der Waals surface area contributed by atoms with Crippen molar-refractivity contribution >= 4 is 15.9 Å². The highest BCUT2D eigenvalue weighted by atomic mass is 79.9. The molecule has 0 N–H and O–H groups in total. The molecule has 2 rings (SSSR count). The van der Waals surface area contributed by atoms with Crippen LogP contribution in [0.15, 0.2) is 16.6 Å². The molecule has 0 spiro atoms. The van der Waals surface area contributed by atoms with Crippen LogP contribution in [0.5, 0.6) is 11.5 Å². The molecule has 0 saturated heterocycles. The Balaban J connectivity index is 2.44. The number of fused-ring (bicyclic) bond motifs is 1. The molecule has 0 bridgehead atoms. The fourth-order valence-electron chi connectivity index (χ4n) is 1.63. The zero-order valence-electron chi connectivity index (χ0n) is 9.03. The van der Waals surface area contributed by atoms with Gasteiger partial charge in [-0.15, -0.1) is 0 Å². The smallest absolute Gasteiger partial charge is 0.231 e. The predicted molar refractivity (Wildman–Crippen MR) is 62.3 cm³/mol. The van der Waals surface area contributed by atoms with E-state index >= 15 is 0 Å². The van der Waals surface area contributed by atoms with Gasteiger partial charge in [0.05, 0.1) is 10.5 Å². The Morgan fingerprint density at radius 1 is 1.44 bits per heavy atom. The number of benzene rings is 1. The maximum Gasteiger partial charge on any atom is 0.231 e. The minimum atomic E-state index is -0.286. The standard InChI is InChI=1S/C11H11BrN2O2/c1-14(2)9(5-13)7-3-8(12)11-10(4-7)15-6-16-11/h3-4,9H,6H2,1-2H3. The van der Waals surface area contributed by atoms with Gasteiger partial charge in [-0.25, -0.2) is 0 Å². The van der Waals surface area contributed by atoms with Crippen LogP contribution in [0.25, 0.3) is 0 Å². The van der Waals surface area contributed by atoms with Gasteiger partial charge in [-0.05, 0) is 47.7 Å². The van der Waals surface area contributed by atoms with Gasteiger partial charge in [-0.2, -0.15) is 5.26 Å². The largest absolute Gasteiger partial charge is 0.454 e. The Morgan fingerprint density at radius 2 is 2.19 bits per heavy atom. The monoisotopic (exact) mass is 282 g/mol. The second-order valence-electron chi connectivity index (χ2n) is 3.73. The second kappa shape index (κ2) is 4.32. The zero-order valence-corrected chi connectivity index (χ0v) is 10.6. The Bertz CT molecular complexity index is 454. The molecule has 1 aromatic carbocycles. The molecule has 0 saturated carbocycles. The molecule has 1 aromatic rings. The van der Waals surface area contributed by atoms with Gasteiger partial charge in [-0.3, -0.25) is 4.90 Å². The maximum atomic E-state index is 9.11. The van der Waals surface area contributed by atoms with E-state index in [4.69, 9.17) is 14.7 Å². The van der Waals surface area contributed by atoms with Crippen molar-refractivity contribution in [3.63, 3.8) is 0 Å². The normalized spacial score (nSPS) is 14.9. The van der Waals surface area contributed by atoms with Crippen molar-refractivity contribution in [3.8, 4) is 17.6 Å². The lowest BCUT2D eigenvalue weighted by Crippen LogP contribution is -2.18. The summed E-state index contributed by atoms with van der Waals surface area (Å²) >= 11 is 3.41. The number of hydrogen-bond donors (Lipinski definition) is 0. The fourth-order valence-corrected chi connectivity index (χ4v) is 2.21. The van der Waals surface area contributed by atoms with Crippen molar-refractivity contribution in [2.75, 3.05) is 20.9 Å². The van der Waals surface area contributed by atoms with Gasteiger partial charge >= 0.3 is 0 Å². The SMILES string of the molecule is CN(C)C(C#N)c1cc(Br)c2c(c1)OCO2. The second-order valence-corrected chi connectivity index (χ2v) is 4.59. The van der Waals surface area contributed by atoms with Crippen molar-refractivity contribution in [3.05, 3.63) is 22.2 Å². The van der Waals surface area contributed by atoms with Crippen LogP contribution < -0.4 is 9.47 Å². The van der Waals surface area contributed by atoms with E-state index in [1.165, 1.54) is 0 Å². The summed E-state index contributed by atoms with van der Waals surface area (Å²) in [6.45, 7) is 0.233. The van der Waals surface area contributed by atoms with Gasteiger partial charge in [0.15, 0.2) is 11.5 Å². The Labute approximate surface area is 102 Å². The summed E-state index contributed by atoms with van der Waals surface area (Å²) in [6.07, 6.45) is 0. The van der Waals surface area contributed by atoms with Gasteiger partial charge in [0.1, 0.15) is 6.04 Å². The minimum absolute atomic E-state index is 0.233. The summed E-state index contributed by atoms with van der Waals surface area (Å²) in [5, 5.41) is 9.11. The van der Waals surface area contributed by atoms with Crippen molar-refractivity contribution in [2.45, 2.75) is 6.04 Å². The average Bonchev–Trinajstić information content (AvgIpc) is 2.66. The molecule has 1 aliphatic rings. The number of rotatable bonds is 2. The summed E-state index contributed by atoms with van der Waals surface area (Å²) in [4.78, 5) is 1.85. The predicted octanol–water partition coefficient (Wildman–Crippen LogP) is 2.30. The van der Waals surface area contributed by atoms with E-state index in [1.807, 2.05) is 31.1 Å². The van der Waals surface area contributed by atoms with Crippen LogP contribution in [-0.4, -0.2) is 25.8 Å². The molecule has 1 heterocycles. The molecule has 0 amide bonds. The number of ether oxygens (including phenoxy) is 2. The van der Waals surface area contributed by atoms with Crippen molar-refractivity contribution in [1.29, 1.82) is 5.26 Å². The van der Waals surface area contributed by atoms with Crippen molar-refractivity contribution < 1.29 is 9.47 Å². The third-order valence-electron chi connectivity index (χ3n) is 2.40. The molecule has 0 fully saturated rings. The van der Waals surface area contributed by atoms with E-state index in [0.717, 1.165) is 10.0 Å². The zero-order chi connectivity index (χ0) is 11.7. The third-order valence-corrected chi connectivity index (χ3v) is 2.99. The lowest BCUT2D eigenvalue weighted by Gasteiger charge is -2.18. The van der Waals surface area contributed by atoms with E-state index in [9.17, 15) is 0 Å².